The number of nitrogens with zero attached hydrogens (tertiary/aromatic N) is 5. The standard InChI is InChI=1S/C46H38N5/c1-3-39(4-2-38(1)34-49-27-17-43(18-28-49)41-9-7-40(8-10-41)42-15-25-48-26-16-42)35-50-29-19-44(20-30-50)45-21-31-51(32-22-45)46-11-5-36(6-12-46)33-37-13-23-47-24-14-37/h1-32H,33-35H2/q+3. The van der Waals surface area contributed by atoms with Crippen LogP contribution in [0.4, 0.5) is 0 Å². The lowest BCUT2D eigenvalue weighted by Gasteiger charge is -2.05. The van der Waals surface area contributed by atoms with Crippen LogP contribution in [0, 0.1) is 0 Å². The minimum Gasteiger partial charge on any atom is -0.265 e. The van der Waals surface area contributed by atoms with Gasteiger partial charge in [0.15, 0.2) is 50.3 Å². The fourth-order valence-corrected chi connectivity index (χ4v) is 6.39. The Morgan fingerprint density at radius 1 is 0.314 bits per heavy atom. The Bertz CT molecular complexity index is 2300. The van der Waals surface area contributed by atoms with Gasteiger partial charge in [0, 0.05) is 84.4 Å². The van der Waals surface area contributed by atoms with Gasteiger partial charge >= 0.3 is 0 Å². The van der Waals surface area contributed by atoms with Gasteiger partial charge in [0.2, 0.25) is 5.69 Å². The molecule has 0 saturated heterocycles. The molecule has 0 saturated carbocycles. The Morgan fingerprint density at radius 2 is 0.667 bits per heavy atom. The first kappa shape index (κ1) is 31.7. The fourth-order valence-electron chi connectivity index (χ4n) is 6.39. The van der Waals surface area contributed by atoms with Crippen molar-refractivity contribution in [1.29, 1.82) is 0 Å². The summed E-state index contributed by atoms with van der Waals surface area (Å²) >= 11 is 0. The average Bonchev–Trinajstić information content (AvgIpc) is 3.20. The van der Waals surface area contributed by atoms with E-state index in [0.29, 0.717) is 0 Å². The highest BCUT2D eigenvalue weighted by molar-refractivity contribution is 5.69. The first-order chi connectivity index (χ1) is 25.2. The van der Waals surface area contributed by atoms with Crippen LogP contribution in [0.2, 0.25) is 0 Å². The second-order valence-electron chi connectivity index (χ2n) is 12.8. The lowest BCUT2D eigenvalue weighted by atomic mass is 10.0. The molecule has 5 heteroatoms. The van der Waals surface area contributed by atoms with Crippen LogP contribution >= 0.6 is 0 Å². The lowest BCUT2D eigenvalue weighted by molar-refractivity contribution is -0.688. The second-order valence-corrected chi connectivity index (χ2v) is 12.8. The van der Waals surface area contributed by atoms with E-state index in [9.17, 15) is 0 Å². The van der Waals surface area contributed by atoms with Crippen molar-refractivity contribution in [3.8, 4) is 39.1 Å². The van der Waals surface area contributed by atoms with Crippen LogP contribution in [0.5, 0.6) is 0 Å². The normalized spacial score (nSPS) is 11.0. The molecule has 3 aromatic carbocycles. The van der Waals surface area contributed by atoms with Crippen molar-refractivity contribution in [1.82, 2.24) is 9.97 Å². The summed E-state index contributed by atoms with van der Waals surface area (Å²) in [6.07, 6.45) is 21.2. The van der Waals surface area contributed by atoms with Gasteiger partial charge in [-0.15, -0.1) is 0 Å². The van der Waals surface area contributed by atoms with E-state index in [2.05, 4.69) is 182 Å². The van der Waals surface area contributed by atoms with Crippen LogP contribution in [0.15, 0.2) is 195 Å². The first-order valence-corrected chi connectivity index (χ1v) is 17.3. The number of benzene rings is 3. The summed E-state index contributed by atoms with van der Waals surface area (Å²) in [5, 5.41) is 0. The van der Waals surface area contributed by atoms with E-state index in [1.807, 2.05) is 36.9 Å². The van der Waals surface area contributed by atoms with Crippen molar-refractivity contribution in [2.24, 2.45) is 0 Å². The molecule has 8 aromatic rings. The number of aromatic nitrogens is 5. The molecule has 0 aliphatic rings. The average molecular weight is 661 g/mol. The van der Waals surface area contributed by atoms with Gasteiger partial charge in [-0.2, -0.15) is 4.57 Å². The van der Waals surface area contributed by atoms with E-state index in [4.69, 9.17) is 0 Å². The molecule has 5 aromatic heterocycles. The van der Waals surface area contributed by atoms with Gasteiger partial charge in [0.25, 0.3) is 0 Å². The predicted molar refractivity (Wildman–Crippen MR) is 201 cm³/mol. The van der Waals surface area contributed by atoms with Crippen molar-refractivity contribution in [3.63, 3.8) is 0 Å². The fraction of sp³-hybridized carbons (Fsp3) is 0.0652. The Hall–Kier alpha value is -6.59. The Labute approximate surface area is 299 Å². The largest absolute Gasteiger partial charge is 0.265 e. The third-order valence-corrected chi connectivity index (χ3v) is 9.32. The molecule has 0 aliphatic heterocycles. The van der Waals surface area contributed by atoms with Crippen molar-refractivity contribution < 1.29 is 13.7 Å². The van der Waals surface area contributed by atoms with Crippen molar-refractivity contribution >= 4 is 0 Å². The summed E-state index contributed by atoms with van der Waals surface area (Å²) in [4.78, 5) is 8.23. The zero-order valence-electron chi connectivity index (χ0n) is 28.3. The number of hydrogen-bond donors (Lipinski definition) is 0. The van der Waals surface area contributed by atoms with Crippen LogP contribution < -0.4 is 13.7 Å². The molecule has 0 bridgehead atoms. The van der Waals surface area contributed by atoms with Crippen LogP contribution in [0.3, 0.4) is 0 Å². The number of rotatable bonds is 10. The highest BCUT2D eigenvalue weighted by atomic mass is 14.9. The first-order valence-electron chi connectivity index (χ1n) is 17.3. The van der Waals surface area contributed by atoms with Crippen molar-refractivity contribution in [3.05, 3.63) is 218 Å². The maximum atomic E-state index is 4.12. The SMILES string of the molecule is c1cc(Cc2ccc(-[n+]3ccc(-c4cc[n+](Cc5ccc(C[n+]6ccc(-c7ccc(-c8ccncc8)cc7)cc6)cc5)cc4)cc3)cc2)ccn1. The van der Waals surface area contributed by atoms with Crippen LogP contribution in [0.1, 0.15) is 22.3 Å². The van der Waals surface area contributed by atoms with E-state index in [1.165, 1.54) is 55.6 Å². The maximum absolute atomic E-state index is 4.12. The smallest absolute Gasteiger partial charge is 0.210 e. The van der Waals surface area contributed by atoms with Gasteiger partial charge in [-0.25, -0.2) is 9.13 Å². The molecule has 0 N–H and O–H groups in total. The van der Waals surface area contributed by atoms with Gasteiger partial charge < -0.3 is 0 Å². The monoisotopic (exact) mass is 660 g/mol. The third kappa shape index (κ3) is 7.85. The van der Waals surface area contributed by atoms with Crippen LogP contribution in [-0.4, -0.2) is 9.97 Å². The highest BCUT2D eigenvalue weighted by Gasteiger charge is 2.11. The van der Waals surface area contributed by atoms with Crippen LogP contribution in [0.25, 0.3) is 39.1 Å². The molecule has 0 fully saturated rings. The Morgan fingerprint density at radius 3 is 1.14 bits per heavy atom. The summed E-state index contributed by atoms with van der Waals surface area (Å²) in [6, 6.07) is 47.7. The van der Waals surface area contributed by atoms with Gasteiger partial charge in [-0.1, -0.05) is 60.7 Å². The molecule has 0 aliphatic carbocycles. The summed E-state index contributed by atoms with van der Waals surface area (Å²) < 4.78 is 6.61. The molecular formula is C46H38N5+3. The molecule has 0 radical (unpaired) electrons. The number of hydrogen-bond acceptors (Lipinski definition) is 2. The summed E-state index contributed by atoms with van der Waals surface area (Å²) in [7, 11) is 0. The van der Waals surface area contributed by atoms with E-state index < -0.39 is 0 Å². The van der Waals surface area contributed by atoms with Crippen molar-refractivity contribution in [2.45, 2.75) is 19.5 Å². The highest BCUT2D eigenvalue weighted by Crippen LogP contribution is 2.24. The van der Waals surface area contributed by atoms with E-state index in [-0.39, 0.29) is 0 Å². The molecule has 8 rings (SSSR count). The lowest BCUT2D eigenvalue weighted by Crippen LogP contribution is -2.34. The zero-order valence-corrected chi connectivity index (χ0v) is 28.3. The molecule has 0 spiro atoms. The van der Waals surface area contributed by atoms with Crippen molar-refractivity contribution in [2.75, 3.05) is 0 Å². The van der Waals surface area contributed by atoms with Gasteiger partial charge in [0.05, 0.1) is 0 Å². The molecule has 244 valence electrons. The Kier molecular flexibility index (Phi) is 9.25. The topological polar surface area (TPSA) is 37.4 Å². The minimum absolute atomic E-state index is 0.828. The zero-order chi connectivity index (χ0) is 34.2. The van der Waals surface area contributed by atoms with E-state index in [1.54, 1.807) is 0 Å². The molecule has 0 atom stereocenters. The molecule has 51 heavy (non-hydrogen) atoms. The molecule has 5 nitrogen and oxygen atoms in total. The van der Waals surface area contributed by atoms with E-state index >= 15 is 0 Å². The summed E-state index contributed by atoms with van der Waals surface area (Å²) in [5.74, 6) is 0. The maximum Gasteiger partial charge on any atom is 0.210 e. The summed E-state index contributed by atoms with van der Waals surface area (Å²) in [6.45, 7) is 1.66. The molecule has 0 amide bonds. The third-order valence-electron chi connectivity index (χ3n) is 9.32. The molecular weight excluding hydrogens is 623 g/mol. The Balaban J connectivity index is 0.846. The predicted octanol–water partition coefficient (Wildman–Crippen LogP) is 8.02. The quantitative estimate of drug-likeness (QED) is 0.139. The van der Waals surface area contributed by atoms with Gasteiger partial charge in [-0.05, 0) is 75.2 Å². The van der Waals surface area contributed by atoms with E-state index in [0.717, 1.165) is 25.2 Å². The second kappa shape index (κ2) is 14.9. The molecule has 5 heterocycles. The van der Waals surface area contributed by atoms with Gasteiger partial charge in [0.1, 0.15) is 0 Å². The molecule has 0 unspecified atom stereocenters. The number of pyridine rings is 5. The minimum atomic E-state index is 0.828. The summed E-state index contributed by atoms with van der Waals surface area (Å²) in [5.41, 5.74) is 13.5. The van der Waals surface area contributed by atoms with Crippen LogP contribution in [-0.2, 0) is 19.5 Å². The van der Waals surface area contributed by atoms with Gasteiger partial charge in [-0.3, -0.25) is 9.97 Å².